The van der Waals surface area contributed by atoms with Crippen LogP contribution in [-0.4, -0.2) is 11.6 Å². The summed E-state index contributed by atoms with van der Waals surface area (Å²) in [5.41, 5.74) is 2.32. The van der Waals surface area contributed by atoms with E-state index in [1.165, 1.54) is 11.1 Å². The van der Waals surface area contributed by atoms with Crippen molar-refractivity contribution in [2.45, 2.75) is 26.2 Å². The minimum absolute atomic E-state index is 0.0763. The maximum absolute atomic E-state index is 5.08. The molecule has 1 aromatic rings. The summed E-state index contributed by atoms with van der Waals surface area (Å²) in [5, 5.41) is 0. The Kier molecular flexibility index (Phi) is 3.01. The third-order valence-electron chi connectivity index (χ3n) is 2.21. The van der Waals surface area contributed by atoms with Gasteiger partial charge in [0.15, 0.2) is 0 Å². The number of hydrogen-bond acceptors (Lipinski definition) is 3. The summed E-state index contributed by atoms with van der Waals surface area (Å²) in [6.07, 6.45) is 3.66. The maximum atomic E-state index is 5.08. The highest BCUT2D eigenvalue weighted by molar-refractivity contribution is 5.28. The Balaban J connectivity index is 2.99. The van der Waals surface area contributed by atoms with Crippen molar-refractivity contribution in [1.29, 1.82) is 0 Å². The summed E-state index contributed by atoms with van der Waals surface area (Å²) in [4.78, 5) is 8.79. The fraction of sp³-hybridized carbons (Fsp3) is 0.500. The molecule has 0 atom stereocenters. The lowest BCUT2D eigenvalue weighted by molar-refractivity contribution is 0.0961. The highest BCUT2D eigenvalue weighted by atomic mass is 16.6. The third-order valence-corrected chi connectivity index (χ3v) is 2.21. The van der Waals surface area contributed by atoms with Crippen LogP contribution in [0.2, 0.25) is 0 Å². The van der Waals surface area contributed by atoms with Gasteiger partial charge in [-0.3, -0.25) is 4.98 Å². The van der Waals surface area contributed by atoms with Crippen LogP contribution in [0.1, 0.15) is 25.0 Å². The summed E-state index contributed by atoms with van der Waals surface area (Å²) in [6.45, 7) is 6.74. The lowest BCUT2D eigenvalue weighted by atomic mass is 9.84. The van der Waals surface area contributed by atoms with Crippen LogP contribution in [0.15, 0.2) is 18.5 Å². The van der Waals surface area contributed by atoms with E-state index in [0.717, 1.165) is 0 Å². The van der Waals surface area contributed by atoms with Gasteiger partial charge in [-0.1, -0.05) is 13.8 Å². The lowest BCUT2D eigenvalue weighted by Crippen LogP contribution is -2.27. The van der Waals surface area contributed by atoms with Crippen molar-refractivity contribution in [3.8, 4) is 0 Å². The van der Waals surface area contributed by atoms with Crippen LogP contribution in [0, 0.1) is 6.92 Å². The minimum atomic E-state index is -0.0763. The predicted molar refractivity (Wildman–Crippen MR) is 52.1 cm³/mol. The van der Waals surface area contributed by atoms with Crippen LogP contribution in [0.25, 0.3) is 0 Å². The Bertz CT molecular complexity index is 284. The number of nitrogens with two attached hydrogens (primary N) is 1. The van der Waals surface area contributed by atoms with Gasteiger partial charge in [0, 0.05) is 17.8 Å². The Labute approximate surface area is 78.9 Å². The molecule has 1 heterocycles. The smallest absolute Gasteiger partial charge is 0.0771 e. The van der Waals surface area contributed by atoms with Crippen molar-refractivity contribution in [3.05, 3.63) is 29.6 Å². The number of aromatic nitrogens is 1. The molecule has 3 nitrogen and oxygen atoms in total. The molecular weight excluding hydrogens is 164 g/mol. The van der Waals surface area contributed by atoms with E-state index < -0.39 is 0 Å². The molecule has 1 aromatic heterocycles. The molecule has 0 unspecified atom stereocenters. The highest BCUT2D eigenvalue weighted by Gasteiger charge is 2.22. The monoisotopic (exact) mass is 180 g/mol. The van der Waals surface area contributed by atoms with Crippen molar-refractivity contribution < 1.29 is 4.84 Å². The Hall–Kier alpha value is -0.930. The molecule has 1 rings (SSSR count). The zero-order valence-corrected chi connectivity index (χ0v) is 8.37. The second kappa shape index (κ2) is 3.85. The predicted octanol–water partition coefficient (Wildman–Crippen LogP) is 1.56. The molecule has 0 spiro atoms. The van der Waals surface area contributed by atoms with E-state index in [9.17, 15) is 0 Å². The van der Waals surface area contributed by atoms with Crippen LogP contribution >= 0.6 is 0 Å². The number of rotatable bonds is 3. The van der Waals surface area contributed by atoms with Gasteiger partial charge < -0.3 is 4.84 Å². The van der Waals surface area contributed by atoms with E-state index in [-0.39, 0.29) is 5.41 Å². The Morgan fingerprint density at radius 2 is 2.23 bits per heavy atom. The van der Waals surface area contributed by atoms with Gasteiger partial charge in [-0.15, -0.1) is 0 Å². The van der Waals surface area contributed by atoms with Gasteiger partial charge in [-0.25, -0.2) is 5.90 Å². The maximum Gasteiger partial charge on any atom is 0.0771 e. The number of pyridine rings is 1. The van der Waals surface area contributed by atoms with E-state index in [1.54, 1.807) is 6.20 Å². The number of nitrogens with zero attached hydrogens (tertiary/aromatic N) is 1. The molecule has 0 aliphatic heterocycles. The molecule has 0 bridgehead atoms. The van der Waals surface area contributed by atoms with Crippen LogP contribution in [0.5, 0.6) is 0 Å². The first-order valence-electron chi connectivity index (χ1n) is 4.31. The zero-order valence-electron chi connectivity index (χ0n) is 8.37. The number of hydrogen-bond donors (Lipinski definition) is 1. The van der Waals surface area contributed by atoms with Gasteiger partial charge >= 0.3 is 0 Å². The normalized spacial score (nSPS) is 11.7. The first-order chi connectivity index (χ1) is 6.08. The van der Waals surface area contributed by atoms with E-state index in [2.05, 4.69) is 30.6 Å². The number of aryl methyl sites for hydroxylation is 1. The molecule has 0 aromatic carbocycles. The zero-order chi connectivity index (χ0) is 9.90. The fourth-order valence-electron chi connectivity index (χ4n) is 1.46. The first kappa shape index (κ1) is 10.2. The average molecular weight is 180 g/mol. The standard InChI is InChI=1S/C10H16N2O/c1-8-4-5-12-6-9(8)10(2,3)7-13-11/h4-6H,7,11H2,1-3H3. The van der Waals surface area contributed by atoms with E-state index in [4.69, 9.17) is 5.90 Å². The molecule has 0 amide bonds. The largest absolute Gasteiger partial charge is 0.304 e. The fourth-order valence-corrected chi connectivity index (χ4v) is 1.46. The third kappa shape index (κ3) is 2.26. The molecule has 2 N–H and O–H groups in total. The van der Waals surface area contributed by atoms with Crippen LogP contribution < -0.4 is 5.90 Å². The van der Waals surface area contributed by atoms with Crippen LogP contribution in [0.4, 0.5) is 0 Å². The summed E-state index contributed by atoms with van der Waals surface area (Å²) in [7, 11) is 0. The van der Waals surface area contributed by atoms with Crippen molar-refractivity contribution >= 4 is 0 Å². The summed E-state index contributed by atoms with van der Waals surface area (Å²) >= 11 is 0. The van der Waals surface area contributed by atoms with E-state index in [0.29, 0.717) is 6.61 Å². The molecule has 0 fully saturated rings. The van der Waals surface area contributed by atoms with Crippen LogP contribution in [-0.2, 0) is 10.3 Å². The van der Waals surface area contributed by atoms with Crippen LogP contribution in [0.3, 0.4) is 0 Å². The molecule has 0 saturated carbocycles. The Morgan fingerprint density at radius 1 is 1.54 bits per heavy atom. The van der Waals surface area contributed by atoms with Gasteiger partial charge in [0.05, 0.1) is 6.61 Å². The molecule has 72 valence electrons. The lowest BCUT2D eigenvalue weighted by Gasteiger charge is -2.24. The summed E-state index contributed by atoms with van der Waals surface area (Å²) in [5.74, 6) is 5.08. The van der Waals surface area contributed by atoms with Crippen molar-refractivity contribution in [2.75, 3.05) is 6.61 Å². The van der Waals surface area contributed by atoms with Gasteiger partial charge in [0.2, 0.25) is 0 Å². The molecule has 0 saturated heterocycles. The van der Waals surface area contributed by atoms with E-state index >= 15 is 0 Å². The molecular formula is C10H16N2O. The SMILES string of the molecule is Cc1ccncc1C(C)(C)CON. The molecule has 0 aliphatic rings. The topological polar surface area (TPSA) is 48.1 Å². The first-order valence-corrected chi connectivity index (χ1v) is 4.31. The quantitative estimate of drug-likeness (QED) is 0.718. The van der Waals surface area contributed by atoms with Gasteiger partial charge in [0.1, 0.15) is 0 Å². The average Bonchev–Trinajstić information content (AvgIpc) is 2.04. The molecule has 0 radical (unpaired) electrons. The van der Waals surface area contributed by atoms with E-state index in [1.807, 2.05) is 12.3 Å². The van der Waals surface area contributed by atoms with Crippen molar-refractivity contribution in [1.82, 2.24) is 4.98 Å². The Morgan fingerprint density at radius 3 is 2.77 bits per heavy atom. The van der Waals surface area contributed by atoms with Gasteiger partial charge in [-0.2, -0.15) is 0 Å². The van der Waals surface area contributed by atoms with Gasteiger partial charge in [-0.05, 0) is 24.1 Å². The van der Waals surface area contributed by atoms with Gasteiger partial charge in [0.25, 0.3) is 0 Å². The van der Waals surface area contributed by atoms with Crippen molar-refractivity contribution in [2.24, 2.45) is 5.90 Å². The highest BCUT2D eigenvalue weighted by Crippen LogP contribution is 2.24. The molecule has 0 aliphatic carbocycles. The minimum Gasteiger partial charge on any atom is -0.304 e. The molecule has 13 heavy (non-hydrogen) atoms. The summed E-state index contributed by atoms with van der Waals surface area (Å²) < 4.78 is 0. The molecule has 3 heteroatoms. The second-order valence-electron chi connectivity index (χ2n) is 3.89. The van der Waals surface area contributed by atoms with Crippen molar-refractivity contribution in [3.63, 3.8) is 0 Å². The second-order valence-corrected chi connectivity index (χ2v) is 3.89. The summed E-state index contributed by atoms with van der Waals surface area (Å²) in [6, 6.07) is 1.99.